The predicted molar refractivity (Wildman–Crippen MR) is 101 cm³/mol. The molecule has 0 saturated carbocycles. The molecule has 5 nitrogen and oxygen atoms in total. The Morgan fingerprint density at radius 3 is 2.48 bits per heavy atom. The molecule has 8 heteroatoms. The summed E-state index contributed by atoms with van der Waals surface area (Å²) in [7, 11) is -3.77. The molecular weight excluding hydrogens is 378 g/mol. The maximum atomic E-state index is 12.7. The lowest BCUT2D eigenvalue weighted by Gasteiger charge is -2.02. The Bertz CT molecular complexity index is 998. The molecule has 0 radical (unpaired) electrons. The third-order valence-corrected chi connectivity index (χ3v) is 6.41. The molecule has 0 fully saturated rings. The lowest BCUT2D eigenvalue weighted by atomic mass is 10.2. The molecule has 3 rings (SSSR count). The number of hydrogen-bond donors (Lipinski definition) is 1. The molecule has 2 aromatic carbocycles. The zero-order valence-electron chi connectivity index (χ0n) is 13.2. The quantitative estimate of drug-likeness (QED) is 0.517. The van der Waals surface area contributed by atoms with Crippen LogP contribution in [0.25, 0.3) is 0 Å². The molecule has 25 heavy (non-hydrogen) atoms. The summed E-state index contributed by atoms with van der Waals surface area (Å²) in [6, 6.07) is 16.0. The van der Waals surface area contributed by atoms with Gasteiger partial charge in [0.05, 0.1) is 11.1 Å². The van der Waals surface area contributed by atoms with E-state index in [1.54, 1.807) is 30.5 Å². The van der Waals surface area contributed by atoms with Gasteiger partial charge in [-0.3, -0.25) is 5.43 Å². The number of hydrogen-bond acceptors (Lipinski definition) is 6. The third kappa shape index (κ3) is 4.07. The summed E-state index contributed by atoms with van der Waals surface area (Å²) in [5, 5.41) is 4.19. The highest BCUT2D eigenvalue weighted by Crippen LogP contribution is 2.34. The van der Waals surface area contributed by atoms with Gasteiger partial charge in [-0.25, -0.2) is 13.4 Å². The summed E-state index contributed by atoms with van der Waals surface area (Å²) in [6.45, 7) is 1.89. The molecule has 0 amide bonds. The van der Waals surface area contributed by atoms with Gasteiger partial charge in [-0.1, -0.05) is 71.0 Å². The Morgan fingerprint density at radius 1 is 1.12 bits per heavy atom. The molecule has 1 N–H and O–H groups in total. The van der Waals surface area contributed by atoms with Crippen molar-refractivity contribution in [2.45, 2.75) is 16.8 Å². The lowest BCUT2D eigenvalue weighted by molar-refractivity contribution is 0.593. The van der Waals surface area contributed by atoms with Crippen LogP contribution in [-0.2, 0) is 9.84 Å². The van der Waals surface area contributed by atoms with E-state index in [4.69, 9.17) is 11.6 Å². The van der Waals surface area contributed by atoms with Crippen LogP contribution in [0.1, 0.15) is 11.1 Å². The highest BCUT2D eigenvalue weighted by molar-refractivity contribution is 7.91. The number of rotatable bonds is 5. The summed E-state index contributed by atoms with van der Waals surface area (Å²) in [5.74, 6) is 0. The van der Waals surface area contributed by atoms with E-state index in [1.165, 1.54) is 0 Å². The first-order valence-electron chi connectivity index (χ1n) is 7.29. The number of halogens is 1. The topological polar surface area (TPSA) is 71.4 Å². The SMILES string of the molecule is Cc1ccc(S(=O)(=O)c2nc(N/N=C\c3ccccc3)sc2Cl)cc1. The van der Waals surface area contributed by atoms with E-state index in [0.717, 1.165) is 22.5 Å². The number of aromatic nitrogens is 1. The average Bonchev–Trinajstić information content (AvgIpc) is 2.98. The van der Waals surface area contributed by atoms with Gasteiger partial charge in [-0.15, -0.1) is 0 Å². The summed E-state index contributed by atoms with van der Waals surface area (Å²) in [6.07, 6.45) is 1.61. The Hall–Kier alpha value is -2.22. The normalized spacial score (nSPS) is 11.8. The van der Waals surface area contributed by atoms with Gasteiger partial charge in [0.25, 0.3) is 0 Å². The Balaban J connectivity index is 1.82. The number of benzene rings is 2. The fourth-order valence-electron chi connectivity index (χ4n) is 2.03. The summed E-state index contributed by atoms with van der Waals surface area (Å²) >= 11 is 7.12. The van der Waals surface area contributed by atoms with Crippen LogP contribution in [0.3, 0.4) is 0 Å². The van der Waals surface area contributed by atoms with E-state index in [0.29, 0.717) is 5.13 Å². The van der Waals surface area contributed by atoms with Gasteiger partial charge in [0.1, 0.15) is 4.34 Å². The van der Waals surface area contributed by atoms with E-state index < -0.39 is 9.84 Å². The van der Waals surface area contributed by atoms with Crippen molar-refractivity contribution in [1.29, 1.82) is 0 Å². The van der Waals surface area contributed by atoms with Crippen molar-refractivity contribution in [3.63, 3.8) is 0 Å². The fraction of sp³-hybridized carbons (Fsp3) is 0.0588. The molecule has 0 unspecified atom stereocenters. The van der Waals surface area contributed by atoms with E-state index in [9.17, 15) is 8.42 Å². The van der Waals surface area contributed by atoms with Crippen molar-refractivity contribution in [2.24, 2.45) is 5.10 Å². The van der Waals surface area contributed by atoms with Crippen molar-refractivity contribution in [3.05, 3.63) is 70.1 Å². The molecule has 1 aromatic heterocycles. The molecular formula is C17H14ClN3O2S2. The van der Waals surface area contributed by atoms with Crippen LogP contribution in [0.15, 0.2) is 69.6 Å². The van der Waals surface area contributed by atoms with E-state index in [1.807, 2.05) is 37.3 Å². The number of nitrogens with one attached hydrogen (secondary N) is 1. The van der Waals surface area contributed by atoms with Gasteiger partial charge < -0.3 is 0 Å². The van der Waals surface area contributed by atoms with Crippen molar-refractivity contribution < 1.29 is 8.42 Å². The molecule has 0 aliphatic carbocycles. The van der Waals surface area contributed by atoms with Crippen molar-refractivity contribution in [2.75, 3.05) is 5.43 Å². The minimum atomic E-state index is -3.77. The summed E-state index contributed by atoms with van der Waals surface area (Å²) < 4.78 is 25.4. The number of aryl methyl sites for hydroxylation is 1. The van der Waals surface area contributed by atoms with Gasteiger partial charge >= 0.3 is 0 Å². The first-order chi connectivity index (χ1) is 12.0. The van der Waals surface area contributed by atoms with Crippen molar-refractivity contribution >= 4 is 44.1 Å². The smallest absolute Gasteiger partial charge is 0.226 e. The second-order valence-electron chi connectivity index (χ2n) is 5.20. The Kier molecular flexibility index (Phi) is 5.17. The van der Waals surface area contributed by atoms with Crippen LogP contribution < -0.4 is 5.43 Å². The first-order valence-corrected chi connectivity index (χ1v) is 9.97. The summed E-state index contributed by atoms with van der Waals surface area (Å²) in [4.78, 5) is 4.24. The van der Waals surface area contributed by atoms with Crippen LogP contribution in [-0.4, -0.2) is 19.6 Å². The zero-order chi connectivity index (χ0) is 17.9. The monoisotopic (exact) mass is 391 g/mol. The maximum absolute atomic E-state index is 12.7. The van der Waals surface area contributed by atoms with Crippen LogP contribution in [0, 0.1) is 6.92 Å². The first kappa shape index (κ1) is 17.6. The standard InChI is InChI=1S/C17H14ClN3O2S2/c1-12-7-9-14(10-8-12)25(22,23)16-15(18)24-17(20-16)21-19-11-13-5-3-2-4-6-13/h2-11H,1H3,(H,20,21)/b19-11-. The Morgan fingerprint density at radius 2 is 1.80 bits per heavy atom. The number of thiazole rings is 1. The molecule has 0 saturated heterocycles. The predicted octanol–water partition coefficient (Wildman–Crippen LogP) is 4.38. The molecule has 0 aliphatic rings. The van der Waals surface area contributed by atoms with E-state index in [2.05, 4.69) is 15.5 Å². The highest BCUT2D eigenvalue weighted by atomic mass is 35.5. The second-order valence-corrected chi connectivity index (χ2v) is 8.66. The molecule has 0 aliphatic heterocycles. The maximum Gasteiger partial charge on any atom is 0.226 e. The number of sulfone groups is 1. The molecule has 128 valence electrons. The van der Waals surface area contributed by atoms with Crippen LogP contribution in [0.4, 0.5) is 5.13 Å². The number of hydrazone groups is 1. The number of anilines is 1. The van der Waals surface area contributed by atoms with Crippen LogP contribution >= 0.6 is 22.9 Å². The molecule has 0 spiro atoms. The average molecular weight is 392 g/mol. The van der Waals surface area contributed by atoms with Gasteiger partial charge in [0.2, 0.25) is 15.0 Å². The van der Waals surface area contributed by atoms with Gasteiger partial charge in [0, 0.05) is 0 Å². The Labute approximate surface area is 154 Å². The minimum absolute atomic E-state index is 0.0954. The minimum Gasteiger partial charge on any atom is -0.253 e. The van der Waals surface area contributed by atoms with E-state index >= 15 is 0 Å². The van der Waals surface area contributed by atoms with Crippen molar-refractivity contribution in [1.82, 2.24) is 4.98 Å². The van der Waals surface area contributed by atoms with Gasteiger partial charge in [-0.2, -0.15) is 5.10 Å². The second kappa shape index (κ2) is 7.35. The third-order valence-electron chi connectivity index (χ3n) is 3.32. The highest BCUT2D eigenvalue weighted by Gasteiger charge is 2.25. The van der Waals surface area contributed by atoms with Crippen molar-refractivity contribution in [3.8, 4) is 0 Å². The lowest BCUT2D eigenvalue weighted by Crippen LogP contribution is -2.03. The number of nitrogens with zero attached hydrogens (tertiary/aromatic N) is 2. The van der Waals surface area contributed by atoms with Crippen LogP contribution in [0.5, 0.6) is 0 Å². The summed E-state index contributed by atoms with van der Waals surface area (Å²) in [5.41, 5.74) is 4.60. The van der Waals surface area contributed by atoms with Crippen LogP contribution in [0.2, 0.25) is 4.34 Å². The fourth-order valence-corrected chi connectivity index (χ4v) is 4.79. The molecule has 0 atom stereocenters. The van der Waals surface area contributed by atoms with Gasteiger partial charge in [0.15, 0.2) is 5.03 Å². The largest absolute Gasteiger partial charge is 0.253 e. The molecule has 0 bridgehead atoms. The molecule has 3 aromatic rings. The molecule has 1 heterocycles. The van der Waals surface area contributed by atoms with E-state index in [-0.39, 0.29) is 14.3 Å². The van der Waals surface area contributed by atoms with Gasteiger partial charge in [-0.05, 0) is 24.6 Å². The zero-order valence-corrected chi connectivity index (χ0v) is 15.6.